The quantitative estimate of drug-likeness (QED) is 0.174. The lowest BCUT2D eigenvalue weighted by Gasteiger charge is -2.31. The minimum Gasteiger partial charge on any atom is -0.354 e. The Kier molecular flexibility index (Phi) is 8.25. The molecule has 62 heavy (non-hydrogen) atoms. The van der Waals surface area contributed by atoms with Gasteiger partial charge < -0.3 is 10.6 Å². The van der Waals surface area contributed by atoms with Crippen LogP contribution in [0.15, 0.2) is 194 Å². The summed E-state index contributed by atoms with van der Waals surface area (Å²) in [6.07, 6.45) is 0. The van der Waals surface area contributed by atoms with Crippen LogP contribution in [0.4, 0.5) is 22.7 Å². The van der Waals surface area contributed by atoms with Gasteiger partial charge in [-0.25, -0.2) is 0 Å². The SMILES string of the molecule is CC1(C)c2ccccc2-c2c(Nc3cc(-c4cc5c(cc4-c4ccccc4)C4(c6ccccc6-5)c5ccccc5-c5c(Nc6ccccc6Cl)cccc54)ccc3Cl)cccc21. The summed E-state index contributed by atoms with van der Waals surface area (Å²) in [6, 6.07) is 70.1. The lowest BCUT2D eigenvalue weighted by molar-refractivity contribution is 0.660. The Morgan fingerprint density at radius 2 is 0.839 bits per heavy atom. The smallest absolute Gasteiger partial charge is 0.0726 e. The number of anilines is 4. The fourth-order valence-electron chi connectivity index (χ4n) is 10.9. The van der Waals surface area contributed by atoms with Crippen LogP contribution in [0.25, 0.3) is 55.6 Å². The van der Waals surface area contributed by atoms with E-state index in [-0.39, 0.29) is 5.41 Å². The van der Waals surface area contributed by atoms with E-state index in [1.165, 1.54) is 66.8 Å². The zero-order valence-corrected chi connectivity index (χ0v) is 35.7. The molecular weight excluding hydrogens is 796 g/mol. The number of rotatable bonds is 6. The highest BCUT2D eigenvalue weighted by molar-refractivity contribution is 6.34. The summed E-state index contributed by atoms with van der Waals surface area (Å²) in [5, 5.41) is 8.92. The number of fused-ring (bicyclic) bond motifs is 13. The zero-order chi connectivity index (χ0) is 41.7. The number of hydrogen-bond donors (Lipinski definition) is 2. The van der Waals surface area contributed by atoms with E-state index in [4.69, 9.17) is 23.2 Å². The van der Waals surface area contributed by atoms with Gasteiger partial charge in [-0.3, -0.25) is 0 Å². The summed E-state index contributed by atoms with van der Waals surface area (Å²) in [5.41, 5.74) is 22.9. The Labute approximate surface area is 372 Å². The highest BCUT2D eigenvalue weighted by atomic mass is 35.5. The maximum absolute atomic E-state index is 7.13. The van der Waals surface area contributed by atoms with Crippen LogP contribution in [0, 0.1) is 0 Å². The highest BCUT2D eigenvalue weighted by Gasteiger charge is 2.52. The van der Waals surface area contributed by atoms with Crippen molar-refractivity contribution in [3.8, 4) is 55.6 Å². The van der Waals surface area contributed by atoms with E-state index in [2.05, 4.69) is 188 Å². The molecule has 4 heteroatoms. The van der Waals surface area contributed by atoms with Crippen LogP contribution >= 0.6 is 23.2 Å². The van der Waals surface area contributed by atoms with Crippen LogP contribution in [0.1, 0.15) is 47.2 Å². The van der Waals surface area contributed by atoms with Gasteiger partial charge in [0.25, 0.3) is 0 Å². The Morgan fingerprint density at radius 1 is 0.323 bits per heavy atom. The summed E-state index contributed by atoms with van der Waals surface area (Å²) >= 11 is 13.9. The molecule has 12 rings (SSSR count). The van der Waals surface area contributed by atoms with Crippen molar-refractivity contribution < 1.29 is 0 Å². The summed E-state index contributed by atoms with van der Waals surface area (Å²) in [6.45, 7) is 4.63. The molecule has 0 radical (unpaired) electrons. The van der Waals surface area contributed by atoms with Crippen LogP contribution in [0.3, 0.4) is 0 Å². The Hall–Kier alpha value is -6.84. The molecule has 0 aliphatic heterocycles. The first-order valence-electron chi connectivity index (χ1n) is 21.2. The number of nitrogens with one attached hydrogen (secondary N) is 2. The van der Waals surface area contributed by atoms with Gasteiger partial charge in [0.2, 0.25) is 0 Å². The van der Waals surface area contributed by atoms with Crippen molar-refractivity contribution in [2.24, 2.45) is 0 Å². The number of hydrogen-bond acceptors (Lipinski definition) is 2. The predicted octanol–water partition coefficient (Wildman–Crippen LogP) is 16.5. The molecule has 3 aliphatic carbocycles. The van der Waals surface area contributed by atoms with Crippen LogP contribution in [0.2, 0.25) is 10.0 Å². The predicted molar refractivity (Wildman–Crippen MR) is 261 cm³/mol. The van der Waals surface area contributed by atoms with Crippen molar-refractivity contribution in [1.82, 2.24) is 0 Å². The average molecular weight is 836 g/mol. The molecule has 0 heterocycles. The van der Waals surface area contributed by atoms with Gasteiger partial charge in [0.15, 0.2) is 0 Å². The maximum Gasteiger partial charge on any atom is 0.0726 e. The monoisotopic (exact) mass is 834 g/mol. The molecule has 0 saturated carbocycles. The van der Waals surface area contributed by atoms with Crippen molar-refractivity contribution in [3.05, 3.63) is 238 Å². The van der Waals surface area contributed by atoms with Gasteiger partial charge in [-0.05, 0) is 126 Å². The third-order valence-corrected chi connectivity index (χ3v) is 14.3. The second-order valence-corrected chi connectivity index (χ2v) is 18.0. The molecule has 9 aromatic rings. The van der Waals surface area contributed by atoms with Crippen molar-refractivity contribution in [3.63, 3.8) is 0 Å². The van der Waals surface area contributed by atoms with Gasteiger partial charge in [0.05, 0.1) is 26.8 Å². The minimum absolute atomic E-state index is 0.105. The van der Waals surface area contributed by atoms with E-state index < -0.39 is 5.41 Å². The van der Waals surface area contributed by atoms with E-state index in [1.807, 2.05) is 30.3 Å². The normalized spacial score (nSPS) is 15.6. The van der Waals surface area contributed by atoms with Crippen LogP contribution in [-0.4, -0.2) is 0 Å². The first kappa shape index (κ1) is 37.0. The first-order valence-corrected chi connectivity index (χ1v) is 22.0. The average Bonchev–Trinajstić information content (AvgIpc) is 3.87. The minimum atomic E-state index is -0.553. The number of benzene rings is 9. The Morgan fingerprint density at radius 3 is 1.58 bits per heavy atom. The molecule has 0 amide bonds. The molecule has 0 bridgehead atoms. The largest absolute Gasteiger partial charge is 0.354 e. The van der Waals surface area contributed by atoms with E-state index in [1.54, 1.807) is 0 Å². The first-order chi connectivity index (χ1) is 30.3. The lowest BCUT2D eigenvalue weighted by Crippen LogP contribution is -2.26. The summed E-state index contributed by atoms with van der Waals surface area (Å²) in [5.74, 6) is 0. The standard InChI is InChI=1S/C58H40Cl2N2/c1-57(2)43-21-9-7-19-38(43)55-46(57)24-14-28-52(55)62-54-32-36(30-31-50(54)60)40-33-42-37-18-6-10-22-44(37)58(48(42)34-41(40)35-16-4-3-5-17-35)45-23-11-8-20-39(45)56-47(58)25-15-29-53(56)61-51-27-13-12-26-49(51)59/h3-34,61-62H,1-2H3. The molecule has 9 aromatic carbocycles. The fraction of sp³-hybridized carbons (Fsp3) is 0.0690. The Balaban J connectivity index is 1.07. The van der Waals surface area contributed by atoms with E-state index in [0.717, 1.165) is 45.0 Å². The molecule has 1 spiro atoms. The van der Waals surface area contributed by atoms with Gasteiger partial charge in [0, 0.05) is 27.9 Å². The van der Waals surface area contributed by atoms with Crippen LogP contribution in [0.5, 0.6) is 0 Å². The van der Waals surface area contributed by atoms with E-state index >= 15 is 0 Å². The van der Waals surface area contributed by atoms with Crippen molar-refractivity contribution in [2.75, 3.05) is 10.6 Å². The third kappa shape index (κ3) is 5.24. The van der Waals surface area contributed by atoms with Gasteiger partial charge >= 0.3 is 0 Å². The van der Waals surface area contributed by atoms with Crippen LogP contribution < -0.4 is 10.6 Å². The molecule has 2 N–H and O–H groups in total. The van der Waals surface area contributed by atoms with Gasteiger partial charge in [-0.2, -0.15) is 0 Å². The summed E-state index contributed by atoms with van der Waals surface area (Å²) in [4.78, 5) is 0. The third-order valence-electron chi connectivity index (χ3n) is 13.6. The molecule has 0 saturated heterocycles. The van der Waals surface area contributed by atoms with Crippen molar-refractivity contribution >= 4 is 46.0 Å². The zero-order valence-electron chi connectivity index (χ0n) is 34.2. The van der Waals surface area contributed by atoms with E-state index in [9.17, 15) is 0 Å². The number of halogens is 2. The summed E-state index contributed by atoms with van der Waals surface area (Å²) in [7, 11) is 0. The molecule has 3 aliphatic rings. The van der Waals surface area contributed by atoms with Gasteiger partial charge in [0.1, 0.15) is 0 Å². The summed E-state index contributed by atoms with van der Waals surface area (Å²) < 4.78 is 0. The van der Waals surface area contributed by atoms with Crippen molar-refractivity contribution in [2.45, 2.75) is 24.7 Å². The highest BCUT2D eigenvalue weighted by Crippen LogP contribution is 2.65. The van der Waals surface area contributed by atoms with Crippen molar-refractivity contribution in [1.29, 1.82) is 0 Å². The molecule has 1 unspecified atom stereocenters. The molecule has 1 atom stereocenters. The van der Waals surface area contributed by atoms with Crippen LogP contribution in [-0.2, 0) is 10.8 Å². The Bertz CT molecular complexity index is 3310. The molecule has 0 aromatic heterocycles. The lowest BCUT2D eigenvalue weighted by atomic mass is 9.70. The second kappa shape index (κ2) is 13.8. The number of para-hydroxylation sites is 1. The maximum atomic E-state index is 7.13. The van der Waals surface area contributed by atoms with E-state index in [0.29, 0.717) is 10.0 Å². The van der Waals surface area contributed by atoms with Gasteiger partial charge in [-0.1, -0.05) is 183 Å². The molecule has 2 nitrogen and oxygen atoms in total. The molecule has 0 fully saturated rings. The second-order valence-electron chi connectivity index (χ2n) is 17.2. The topological polar surface area (TPSA) is 24.1 Å². The molecular formula is C58H40Cl2N2. The van der Waals surface area contributed by atoms with Gasteiger partial charge in [-0.15, -0.1) is 0 Å². The fourth-order valence-corrected chi connectivity index (χ4v) is 11.3. The molecule has 296 valence electrons.